The van der Waals surface area contributed by atoms with Crippen molar-refractivity contribution in [3.63, 3.8) is 0 Å². The van der Waals surface area contributed by atoms with Crippen molar-refractivity contribution in [3.8, 4) is 5.75 Å². The summed E-state index contributed by atoms with van der Waals surface area (Å²) in [6, 6.07) is 10.7. The van der Waals surface area contributed by atoms with Gasteiger partial charge in [-0.15, -0.1) is 0 Å². The van der Waals surface area contributed by atoms with Crippen molar-refractivity contribution in [3.05, 3.63) is 42.0 Å². The highest BCUT2D eigenvalue weighted by Crippen LogP contribution is 2.23. The number of hydrogen-bond acceptors (Lipinski definition) is 3. The Morgan fingerprint density at radius 1 is 1.24 bits per heavy atom. The molecule has 0 aliphatic heterocycles. The van der Waals surface area contributed by atoms with E-state index in [9.17, 15) is 9.90 Å². The molecule has 0 amide bonds. The zero-order valence-corrected chi connectivity index (χ0v) is 9.97. The van der Waals surface area contributed by atoms with Crippen molar-refractivity contribution in [2.75, 3.05) is 20.6 Å². The highest BCUT2D eigenvalue weighted by molar-refractivity contribution is 6.09. The molecule has 0 unspecified atom stereocenters. The lowest BCUT2D eigenvalue weighted by Gasteiger charge is -2.10. The Morgan fingerprint density at radius 2 is 2.00 bits per heavy atom. The van der Waals surface area contributed by atoms with E-state index >= 15 is 0 Å². The summed E-state index contributed by atoms with van der Waals surface area (Å²) in [7, 11) is 3.72. The third-order valence-electron chi connectivity index (χ3n) is 2.63. The summed E-state index contributed by atoms with van der Waals surface area (Å²) < 4.78 is 0. The van der Waals surface area contributed by atoms with Crippen LogP contribution in [0.5, 0.6) is 5.75 Å². The lowest BCUT2D eigenvalue weighted by molar-refractivity contribution is 0.0959. The first-order valence-corrected chi connectivity index (χ1v) is 5.47. The molecule has 2 rings (SSSR count). The summed E-state index contributed by atoms with van der Waals surface area (Å²) >= 11 is 0. The van der Waals surface area contributed by atoms with E-state index < -0.39 is 0 Å². The van der Waals surface area contributed by atoms with Gasteiger partial charge in [-0.05, 0) is 37.0 Å². The van der Waals surface area contributed by atoms with Crippen LogP contribution in [0, 0.1) is 0 Å². The van der Waals surface area contributed by atoms with Crippen LogP contribution in [0.25, 0.3) is 10.8 Å². The maximum atomic E-state index is 12.1. The van der Waals surface area contributed by atoms with E-state index in [4.69, 9.17) is 0 Å². The van der Waals surface area contributed by atoms with Crippen molar-refractivity contribution in [2.24, 2.45) is 0 Å². The Morgan fingerprint density at radius 3 is 2.71 bits per heavy atom. The number of aromatic hydroxyl groups is 1. The molecular formula is C14H15NO2. The molecule has 0 heterocycles. The number of likely N-dealkylation sites (N-methyl/N-ethyl adjacent to an activating group) is 1. The topological polar surface area (TPSA) is 40.5 Å². The summed E-state index contributed by atoms with van der Waals surface area (Å²) in [5.41, 5.74) is 0.659. The third-order valence-corrected chi connectivity index (χ3v) is 2.63. The number of phenolic OH excluding ortho intramolecular Hbond substituents is 1. The van der Waals surface area contributed by atoms with Crippen LogP contribution in [0.3, 0.4) is 0 Å². The molecule has 1 N–H and O–H groups in total. The maximum Gasteiger partial charge on any atom is 0.177 e. The van der Waals surface area contributed by atoms with Gasteiger partial charge >= 0.3 is 0 Å². The first-order valence-electron chi connectivity index (χ1n) is 5.47. The largest absolute Gasteiger partial charge is 0.508 e. The fourth-order valence-electron chi connectivity index (χ4n) is 1.88. The van der Waals surface area contributed by atoms with Crippen LogP contribution in [0.4, 0.5) is 0 Å². The second kappa shape index (κ2) is 4.55. The van der Waals surface area contributed by atoms with E-state index in [1.54, 1.807) is 18.2 Å². The zero-order chi connectivity index (χ0) is 12.4. The SMILES string of the molecule is CN(C)CC(=O)c1cccc2ccc(O)cc12. The Bertz CT molecular complexity index is 561. The zero-order valence-electron chi connectivity index (χ0n) is 9.97. The van der Waals surface area contributed by atoms with E-state index in [1.807, 2.05) is 37.2 Å². The highest BCUT2D eigenvalue weighted by atomic mass is 16.3. The lowest BCUT2D eigenvalue weighted by atomic mass is 10.0. The molecule has 0 aliphatic rings. The molecule has 2 aromatic carbocycles. The van der Waals surface area contributed by atoms with Crippen molar-refractivity contribution in [1.29, 1.82) is 0 Å². The van der Waals surface area contributed by atoms with E-state index in [0.29, 0.717) is 12.1 Å². The molecule has 0 aliphatic carbocycles. The van der Waals surface area contributed by atoms with Gasteiger partial charge in [-0.2, -0.15) is 0 Å². The molecule has 0 spiro atoms. The molecule has 0 saturated carbocycles. The van der Waals surface area contributed by atoms with Gasteiger partial charge in [0.2, 0.25) is 0 Å². The number of nitrogens with zero attached hydrogens (tertiary/aromatic N) is 1. The van der Waals surface area contributed by atoms with Crippen LogP contribution < -0.4 is 0 Å². The van der Waals surface area contributed by atoms with Gasteiger partial charge in [0.15, 0.2) is 5.78 Å². The molecule has 88 valence electrons. The summed E-state index contributed by atoms with van der Waals surface area (Å²) in [5.74, 6) is 0.244. The van der Waals surface area contributed by atoms with Gasteiger partial charge in [0, 0.05) is 5.56 Å². The number of carbonyl (C=O) groups is 1. The molecular weight excluding hydrogens is 214 g/mol. The minimum absolute atomic E-state index is 0.0613. The van der Waals surface area contributed by atoms with Gasteiger partial charge in [-0.1, -0.05) is 24.3 Å². The number of fused-ring (bicyclic) bond motifs is 1. The van der Waals surface area contributed by atoms with Crippen molar-refractivity contribution in [1.82, 2.24) is 4.90 Å². The summed E-state index contributed by atoms with van der Waals surface area (Å²) in [5, 5.41) is 11.3. The number of rotatable bonds is 3. The average Bonchev–Trinajstić information content (AvgIpc) is 2.27. The highest BCUT2D eigenvalue weighted by Gasteiger charge is 2.11. The summed E-state index contributed by atoms with van der Waals surface area (Å²) in [6.45, 7) is 0.370. The molecule has 2 aromatic rings. The van der Waals surface area contributed by atoms with Crippen LogP contribution in [0.15, 0.2) is 36.4 Å². The van der Waals surface area contributed by atoms with Gasteiger partial charge in [-0.25, -0.2) is 0 Å². The normalized spacial score (nSPS) is 11.0. The second-order valence-corrected chi connectivity index (χ2v) is 4.37. The minimum Gasteiger partial charge on any atom is -0.508 e. The van der Waals surface area contributed by atoms with Crippen molar-refractivity contribution >= 4 is 16.6 Å². The summed E-state index contributed by atoms with van der Waals surface area (Å²) in [4.78, 5) is 13.9. The van der Waals surface area contributed by atoms with Crippen LogP contribution in [-0.4, -0.2) is 36.4 Å². The molecule has 0 atom stereocenters. The number of hydrogen-bond donors (Lipinski definition) is 1. The monoisotopic (exact) mass is 229 g/mol. The molecule has 3 heteroatoms. The van der Waals surface area contributed by atoms with E-state index in [-0.39, 0.29) is 11.5 Å². The summed E-state index contributed by atoms with van der Waals surface area (Å²) in [6.07, 6.45) is 0. The van der Waals surface area contributed by atoms with Crippen LogP contribution in [0.1, 0.15) is 10.4 Å². The standard InChI is InChI=1S/C14H15NO2/c1-15(2)9-14(17)12-5-3-4-10-6-7-11(16)8-13(10)12/h3-8,16H,9H2,1-2H3. The number of carbonyl (C=O) groups excluding carboxylic acids is 1. The minimum atomic E-state index is 0.0613. The van der Waals surface area contributed by atoms with Crippen LogP contribution in [-0.2, 0) is 0 Å². The maximum absolute atomic E-state index is 12.1. The van der Waals surface area contributed by atoms with E-state index in [1.165, 1.54) is 0 Å². The Kier molecular flexibility index (Phi) is 3.11. The lowest BCUT2D eigenvalue weighted by Crippen LogP contribution is -2.21. The fraction of sp³-hybridized carbons (Fsp3) is 0.214. The quantitative estimate of drug-likeness (QED) is 0.821. The van der Waals surface area contributed by atoms with Gasteiger partial charge in [0.05, 0.1) is 6.54 Å². The van der Waals surface area contributed by atoms with Gasteiger partial charge < -0.3 is 10.0 Å². The first-order chi connectivity index (χ1) is 8.08. The molecule has 17 heavy (non-hydrogen) atoms. The molecule has 0 bridgehead atoms. The molecule has 0 aromatic heterocycles. The number of Topliss-reactive ketones (excluding diaryl/α,β-unsaturated/α-hetero) is 1. The molecule has 0 saturated heterocycles. The van der Waals surface area contributed by atoms with Crippen LogP contribution in [0.2, 0.25) is 0 Å². The van der Waals surface area contributed by atoms with E-state index in [0.717, 1.165) is 10.8 Å². The average molecular weight is 229 g/mol. The van der Waals surface area contributed by atoms with Crippen molar-refractivity contribution < 1.29 is 9.90 Å². The predicted octanol–water partition coefficient (Wildman–Crippen LogP) is 2.29. The number of ketones is 1. The van der Waals surface area contributed by atoms with Gasteiger partial charge in [0.1, 0.15) is 5.75 Å². The molecule has 3 nitrogen and oxygen atoms in total. The fourth-order valence-corrected chi connectivity index (χ4v) is 1.88. The van der Waals surface area contributed by atoms with E-state index in [2.05, 4.69) is 0 Å². The predicted molar refractivity (Wildman–Crippen MR) is 68.5 cm³/mol. The van der Waals surface area contributed by atoms with Gasteiger partial charge in [0.25, 0.3) is 0 Å². The first kappa shape index (κ1) is 11.6. The Labute approximate surface area is 100 Å². The van der Waals surface area contributed by atoms with Crippen LogP contribution >= 0.6 is 0 Å². The van der Waals surface area contributed by atoms with Crippen molar-refractivity contribution in [2.45, 2.75) is 0 Å². The number of benzene rings is 2. The van der Waals surface area contributed by atoms with Gasteiger partial charge in [-0.3, -0.25) is 4.79 Å². The third kappa shape index (κ3) is 2.45. The Hall–Kier alpha value is -1.87. The molecule has 0 fully saturated rings. The second-order valence-electron chi connectivity index (χ2n) is 4.37. The smallest absolute Gasteiger partial charge is 0.177 e. The Balaban J connectivity index is 2.53. The number of phenols is 1. The molecule has 0 radical (unpaired) electrons.